The van der Waals surface area contributed by atoms with Crippen molar-refractivity contribution in [2.75, 3.05) is 13.2 Å². The largest absolute Gasteiger partial charge is 0.375 e. The standard InChI is InChI=1S/C28H46F2O2S/c1-2-3-4-5-18-6-8-19(9-7-18)16-31-23-14-12-21-22-13-15-24(32-17-20-10-11-20)26(30)28(22)33-27(21)25(23)29/h18-28H,2-17H2,1H3. The Morgan fingerprint density at radius 1 is 0.636 bits per heavy atom. The molecule has 1 saturated heterocycles. The lowest BCUT2D eigenvalue weighted by Gasteiger charge is -2.39. The van der Waals surface area contributed by atoms with Crippen LogP contribution in [0.5, 0.6) is 0 Å². The van der Waals surface area contributed by atoms with Gasteiger partial charge in [-0.05, 0) is 81.0 Å². The first-order valence-corrected chi connectivity index (χ1v) is 15.2. The van der Waals surface area contributed by atoms with Crippen LogP contribution in [0, 0.1) is 29.6 Å². The van der Waals surface area contributed by atoms with Crippen LogP contribution in [0.4, 0.5) is 8.78 Å². The molecule has 33 heavy (non-hydrogen) atoms. The van der Waals surface area contributed by atoms with Gasteiger partial charge >= 0.3 is 0 Å². The molecule has 0 spiro atoms. The minimum absolute atomic E-state index is 0.0714. The highest BCUT2D eigenvalue weighted by atomic mass is 32.2. The van der Waals surface area contributed by atoms with Gasteiger partial charge in [-0.1, -0.05) is 45.4 Å². The average Bonchev–Trinajstić information content (AvgIpc) is 3.58. The molecule has 8 atom stereocenters. The molecule has 5 aliphatic rings. The highest BCUT2D eigenvalue weighted by molar-refractivity contribution is 8.00. The Morgan fingerprint density at radius 2 is 1.12 bits per heavy atom. The molecule has 0 amide bonds. The summed E-state index contributed by atoms with van der Waals surface area (Å²) in [6, 6.07) is 0. The van der Waals surface area contributed by atoms with Crippen molar-refractivity contribution in [2.45, 2.75) is 132 Å². The molecule has 0 aromatic rings. The van der Waals surface area contributed by atoms with Crippen LogP contribution in [-0.4, -0.2) is 48.3 Å². The number of thioether (sulfide) groups is 1. The summed E-state index contributed by atoms with van der Waals surface area (Å²) in [7, 11) is 0. The first-order valence-electron chi connectivity index (χ1n) is 14.3. The average molecular weight is 485 g/mol. The van der Waals surface area contributed by atoms with Crippen LogP contribution in [-0.2, 0) is 9.47 Å². The topological polar surface area (TPSA) is 18.5 Å². The van der Waals surface area contributed by atoms with Gasteiger partial charge in [-0.15, -0.1) is 11.8 Å². The summed E-state index contributed by atoms with van der Waals surface area (Å²) in [5.41, 5.74) is 0. The third kappa shape index (κ3) is 5.93. The van der Waals surface area contributed by atoms with E-state index in [4.69, 9.17) is 9.47 Å². The maximum atomic E-state index is 15.6. The molecule has 1 heterocycles. The number of rotatable bonds is 10. The second-order valence-corrected chi connectivity index (χ2v) is 13.4. The monoisotopic (exact) mass is 484 g/mol. The molecule has 0 bridgehead atoms. The van der Waals surface area contributed by atoms with Gasteiger partial charge in [0.25, 0.3) is 0 Å². The molecule has 1 aliphatic heterocycles. The van der Waals surface area contributed by atoms with Gasteiger partial charge in [-0.3, -0.25) is 0 Å². The Bertz CT molecular complexity index is 609. The Balaban J connectivity index is 1.06. The number of alkyl halides is 2. The van der Waals surface area contributed by atoms with E-state index in [-0.39, 0.29) is 22.7 Å². The van der Waals surface area contributed by atoms with Crippen molar-refractivity contribution >= 4 is 11.8 Å². The van der Waals surface area contributed by atoms with E-state index in [2.05, 4.69) is 6.92 Å². The van der Waals surface area contributed by atoms with Crippen molar-refractivity contribution < 1.29 is 18.3 Å². The van der Waals surface area contributed by atoms with Crippen LogP contribution >= 0.6 is 11.8 Å². The zero-order valence-electron chi connectivity index (χ0n) is 20.6. The third-order valence-electron chi connectivity index (χ3n) is 9.59. The van der Waals surface area contributed by atoms with E-state index in [1.807, 2.05) is 0 Å². The maximum absolute atomic E-state index is 15.6. The Labute approximate surface area is 204 Å². The van der Waals surface area contributed by atoms with Crippen molar-refractivity contribution in [1.82, 2.24) is 0 Å². The quantitative estimate of drug-likeness (QED) is 0.299. The van der Waals surface area contributed by atoms with Gasteiger partial charge in [0.15, 0.2) is 0 Å². The number of hydrogen-bond acceptors (Lipinski definition) is 3. The van der Waals surface area contributed by atoms with Gasteiger partial charge < -0.3 is 9.47 Å². The fraction of sp³-hybridized carbons (Fsp3) is 1.00. The molecular formula is C28H46F2O2S. The van der Waals surface area contributed by atoms with E-state index in [9.17, 15) is 0 Å². The zero-order valence-corrected chi connectivity index (χ0v) is 21.5. The van der Waals surface area contributed by atoms with Gasteiger partial charge in [-0.2, -0.15) is 0 Å². The molecular weight excluding hydrogens is 438 g/mol. The maximum Gasteiger partial charge on any atom is 0.138 e. The molecule has 190 valence electrons. The number of hydrogen-bond donors (Lipinski definition) is 0. The van der Waals surface area contributed by atoms with Crippen molar-refractivity contribution in [3.8, 4) is 0 Å². The van der Waals surface area contributed by atoms with E-state index in [0.717, 1.165) is 44.8 Å². The molecule has 0 aromatic carbocycles. The zero-order chi connectivity index (χ0) is 22.8. The summed E-state index contributed by atoms with van der Waals surface area (Å²) in [4.78, 5) is 0. The number of fused-ring (bicyclic) bond motifs is 3. The number of halogens is 2. The van der Waals surface area contributed by atoms with Crippen molar-refractivity contribution in [1.29, 1.82) is 0 Å². The molecule has 8 unspecified atom stereocenters. The predicted octanol–water partition coefficient (Wildman–Crippen LogP) is 7.53. The fourth-order valence-corrected chi connectivity index (χ4v) is 9.32. The lowest BCUT2D eigenvalue weighted by Crippen LogP contribution is -2.45. The summed E-state index contributed by atoms with van der Waals surface area (Å²) in [5, 5.41) is -0.147. The van der Waals surface area contributed by atoms with E-state index in [1.54, 1.807) is 11.8 Å². The van der Waals surface area contributed by atoms with Crippen LogP contribution in [0.15, 0.2) is 0 Å². The second-order valence-electron chi connectivity index (χ2n) is 12.0. The Hall–Kier alpha value is 0.130. The molecule has 5 rings (SSSR count). The van der Waals surface area contributed by atoms with Gasteiger partial charge in [0.1, 0.15) is 12.3 Å². The highest BCUT2D eigenvalue weighted by Crippen LogP contribution is 2.56. The van der Waals surface area contributed by atoms with Gasteiger partial charge in [0, 0.05) is 23.7 Å². The van der Waals surface area contributed by atoms with Crippen LogP contribution < -0.4 is 0 Å². The van der Waals surface area contributed by atoms with Crippen LogP contribution in [0.3, 0.4) is 0 Å². The van der Waals surface area contributed by atoms with Crippen molar-refractivity contribution in [3.63, 3.8) is 0 Å². The minimum Gasteiger partial charge on any atom is -0.375 e. The van der Waals surface area contributed by atoms with E-state index in [1.165, 1.54) is 64.2 Å². The lowest BCUT2D eigenvalue weighted by atomic mass is 9.71. The summed E-state index contributed by atoms with van der Waals surface area (Å²) < 4.78 is 43.2. The second kappa shape index (κ2) is 11.5. The first kappa shape index (κ1) is 24.8. The van der Waals surface area contributed by atoms with Crippen LogP contribution in [0.1, 0.15) is 96.8 Å². The van der Waals surface area contributed by atoms with Gasteiger partial charge in [0.2, 0.25) is 0 Å². The smallest absolute Gasteiger partial charge is 0.138 e. The molecule has 0 radical (unpaired) electrons. The van der Waals surface area contributed by atoms with Gasteiger partial charge in [-0.25, -0.2) is 8.78 Å². The molecule has 4 saturated carbocycles. The van der Waals surface area contributed by atoms with Crippen LogP contribution in [0.2, 0.25) is 0 Å². The third-order valence-corrected chi connectivity index (χ3v) is 11.4. The molecule has 0 aromatic heterocycles. The molecule has 2 nitrogen and oxygen atoms in total. The fourth-order valence-electron chi connectivity index (χ4n) is 7.23. The van der Waals surface area contributed by atoms with Gasteiger partial charge in [0.05, 0.1) is 12.2 Å². The lowest BCUT2D eigenvalue weighted by molar-refractivity contribution is -0.0646. The van der Waals surface area contributed by atoms with E-state index < -0.39 is 12.3 Å². The predicted molar refractivity (Wildman–Crippen MR) is 132 cm³/mol. The first-order chi connectivity index (χ1) is 16.1. The van der Waals surface area contributed by atoms with E-state index in [0.29, 0.717) is 23.7 Å². The minimum atomic E-state index is -0.942. The summed E-state index contributed by atoms with van der Waals surface area (Å²) >= 11 is 1.61. The Kier molecular flexibility index (Phi) is 8.61. The number of unbranched alkanes of at least 4 members (excludes halogenated alkanes) is 2. The molecule has 0 N–H and O–H groups in total. The molecule has 5 heteroatoms. The highest BCUT2D eigenvalue weighted by Gasteiger charge is 2.56. The SMILES string of the molecule is CCCCCC1CCC(COC2CCC3C4CCC(OCC5CC5)C(F)C4SC3C2F)CC1. The summed E-state index contributed by atoms with van der Waals surface area (Å²) in [5.74, 6) is 2.84. The number of ether oxygens (including phenoxy) is 2. The van der Waals surface area contributed by atoms with Crippen LogP contribution in [0.25, 0.3) is 0 Å². The van der Waals surface area contributed by atoms with Crippen molar-refractivity contribution in [3.05, 3.63) is 0 Å². The molecule has 5 fully saturated rings. The summed E-state index contributed by atoms with van der Waals surface area (Å²) in [6.45, 7) is 3.72. The van der Waals surface area contributed by atoms with Crippen molar-refractivity contribution in [2.24, 2.45) is 29.6 Å². The Morgan fingerprint density at radius 3 is 1.61 bits per heavy atom. The van der Waals surface area contributed by atoms with E-state index >= 15 is 8.78 Å². The normalized spacial score (nSPS) is 45.5. The molecule has 4 aliphatic carbocycles. The summed E-state index contributed by atoms with van der Waals surface area (Å²) in [6.07, 6.45) is 14.3.